The summed E-state index contributed by atoms with van der Waals surface area (Å²) >= 11 is 2.13. The van der Waals surface area contributed by atoms with Crippen molar-refractivity contribution in [2.75, 3.05) is 0 Å². The summed E-state index contributed by atoms with van der Waals surface area (Å²) in [4.78, 5) is 19.6. The second-order valence-electron chi connectivity index (χ2n) is 3.44. The maximum atomic E-state index is 11.6. The maximum Gasteiger partial charge on any atom is 0.291 e. The van der Waals surface area contributed by atoms with Gasteiger partial charge in [-0.3, -0.25) is 9.63 Å². The number of hydroxylamine groups is 1. The zero-order chi connectivity index (χ0) is 12.1. The van der Waals surface area contributed by atoms with E-state index in [-0.39, 0.29) is 5.91 Å². The highest BCUT2D eigenvalue weighted by Gasteiger charge is 2.07. The van der Waals surface area contributed by atoms with E-state index in [9.17, 15) is 4.79 Å². The zero-order valence-corrected chi connectivity index (χ0v) is 11.1. The third kappa shape index (κ3) is 3.57. The van der Waals surface area contributed by atoms with Crippen LogP contribution < -0.4 is 5.48 Å². The molecule has 2 aromatic rings. The van der Waals surface area contributed by atoms with Crippen molar-refractivity contribution in [1.82, 2.24) is 10.5 Å². The van der Waals surface area contributed by atoms with Crippen molar-refractivity contribution in [2.45, 2.75) is 6.61 Å². The van der Waals surface area contributed by atoms with Crippen LogP contribution in [0.2, 0.25) is 0 Å². The normalized spacial score (nSPS) is 10.2. The number of aromatic amines is 1. The summed E-state index contributed by atoms with van der Waals surface area (Å²) in [6.45, 7) is 0.352. The lowest BCUT2D eigenvalue weighted by Crippen LogP contribution is -2.23. The standard InChI is InChI=1S/C12H11IN2O2/c13-10-6-11(14-7-10)12(16)15-17-8-9-4-2-1-3-5-9/h1-7,14H,8H2,(H,15,16). The fourth-order valence-corrected chi connectivity index (χ4v) is 1.78. The molecular formula is C12H11IN2O2. The molecule has 0 aliphatic heterocycles. The molecule has 17 heavy (non-hydrogen) atoms. The van der Waals surface area contributed by atoms with Crippen LogP contribution >= 0.6 is 22.6 Å². The lowest BCUT2D eigenvalue weighted by Gasteiger charge is -2.04. The van der Waals surface area contributed by atoms with Gasteiger partial charge in [0.05, 0.1) is 6.61 Å². The molecule has 0 fully saturated rings. The Morgan fingerprint density at radius 1 is 1.35 bits per heavy atom. The Morgan fingerprint density at radius 3 is 2.76 bits per heavy atom. The minimum Gasteiger partial charge on any atom is -0.356 e. The summed E-state index contributed by atoms with van der Waals surface area (Å²) in [5.74, 6) is -0.274. The molecule has 0 aliphatic carbocycles. The molecule has 1 aromatic heterocycles. The summed E-state index contributed by atoms with van der Waals surface area (Å²) in [5.41, 5.74) is 3.88. The van der Waals surface area contributed by atoms with Crippen molar-refractivity contribution >= 4 is 28.5 Å². The molecule has 0 unspecified atom stereocenters. The van der Waals surface area contributed by atoms with Crippen LogP contribution in [-0.2, 0) is 11.4 Å². The summed E-state index contributed by atoms with van der Waals surface area (Å²) < 4.78 is 0.982. The lowest BCUT2D eigenvalue weighted by atomic mass is 10.2. The van der Waals surface area contributed by atoms with Gasteiger partial charge < -0.3 is 4.98 Å². The first kappa shape index (κ1) is 12.1. The number of rotatable bonds is 4. The molecule has 0 radical (unpaired) electrons. The van der Waals surface area contributed by atoms with Crippen molar-refractivity contribution in [3.8, 4) is 0 Å². The Kier molecular flexibility index (Phi) is 4.16. The van der Waals surface area contributed by atoms with Crippen LogP contribution in [0.4, 0.5) is 0 Å². The highest BCUT2D eigenvalue weighted by Crippen LogP contribution is 2.06. The molecule has 0 saturated heterocycles. The van der Waals surface area contributed by atoms with Gasteiger partial charge in [0.15, 0.2) is 0 Å². The number of hydrogen-bond donors (Lipinski definition) is 2. The van der Waals surface area contributed by atoms with Gasteiger partial charge in [-0.25, -0.2) is 5.48 Å². The molecule has 88 valence electrons. The molecule has 0 aliphatic rings. The van der Waals surface area contributed by atoms with Gasteiger partial charge in [0.1, 0.15) is 5.69 Å². The summed E-state index contributed by atoms with van der Waals surface area (Å²) in [6.07, 6.45) is 1.76. The lowest BCUT2D eigenvalue weighted by molar-refractivity contribution is 0.0230. The number of carbonyl (C=O) groups is 1. The molecule has 0 atom stereocenters. The summed E-state index contributed by atoms with van der Waals surface area (Å²) in [7, 11) is 0. The van der Waals surface area contributed by atoms with E-state index in [1.54, 1.807) is 12.3 Å². The van der Waals surface area contributed by atoms with E-state index in [1.807, 2.05) is 30.3 Å². The van der Waals surface area contributed by atoms with Crippen LogP contribution in [-0.4, -0.2) is 10.9 Å². The fraction of sp³-hybridized carbons (Fsp3) is 0.0833. The number of nitrogens with one attached hydrogen (secondary N) is 2. The van der Waals surface area contributed by atoms with E-state index in [1.165, 1.54) is 0 Å². The summed E-state index contributed by atoms with van der Waals surface area (Å²) in [6, 6.07) is 11.4. The SMILES string of the molecule is O=C(NOCc1ccccc1)c1cc(I)c[nH]1. The van der Waals surface area contributed by atoms with Crippen LogP contribution in [0.3, 0.4) is 0 Å². The quantitative estimate of drug-likeness (QED) is 0.663. The second kappa shape index (κ2) is 5.83. The Balaban J connectivity index is 1.81. The fourth-order valence-electron chi connectivity index (χ4n) is 1.31. The van der Waals surface area contributed by atoms with Crippen LogP contribution in [0, 0.1) is 3.57 Å². The minimum atomic E-state index is -0.274. The van der Waals surface area contributed by atoms with Crippen molar-refractivity contribution in [3.63, 3.8) is 0 Å². The zero-order valence-electron chi connectivity index (χ0n) is 8.94. The predicted molar refractivity (Wildman–Crippen MR) is 72.2 cm³/mol. The van der Waals surface area contributed by atoms with Crippen LogP contribution in [0.1, 0.15) is 16.1 Å². The number of benzene rings is 1. The Labute approximate surface area is 112 Å². The monoisotopic (exact) mass is 342 g/mol. The topological polar surface area (TPSA) is 54.1 Å². The van der Waals surface area contributed by atoms with E-state index in [0.29, 0.717) is 12.3 Å². The third-order valence-corrected chi connectivity index (χ3v) is 2.76. The van der Waals surface area contributed by atoms with Gasteiger partial charge >= 0.3 is 0 Å². The first-order valence-electron chi connectivity index (χ1n) is 5.05. The number of H-pyrrole nitrogens is 1. The number of carbonyl (C=O) groups excluding carboxylic acids is 1. The molecule has 0 bridgehead atoms. The van der Waals surface area contributed by atoms with Gasteiger partial charge in [0.2, 0.25) is 0 Å². The Hall–Kier alpha value is -1.34. The van der Waals surface area contributed by atoms with E-state index < -0.39 is 0 Å². The summed E-state index contributed by atoms with van der Waals surface area (Å²) in [5, 5.41) is 0. The molecule has 2 N–H and O–H groups in total. The molecular weight excluding hydrogens is 331 g/mol. The van der Waals surface area contributed by atoms with E-state index in [2.05, 4.69) is 33.1 Å². The predicted octanol–water partition coefficient (Wildman–Crippen LogP) is 2.48. The maximum absolute atomic E-state index is 11.6. The number of amides is 1. The van der Waals surface area contributed by atoms with Crippen LogP contribution in [0.15, 0.2) is 42.6 Å². The van der Waals surface area contributed by atoms with Gasteiger partial charge in [-0.1, -0.05) is 30.3 Å². The van der Waals surface area contributed by atoms with Crippen molar-refractivity contribution in [3.05, 3.63) is 57.4 Å². The molecule has 5 heteroatoms. The molecule has 0 spiro atoms. The highest BCUT2D eigenvalue weighted by atomic mass is 127. The van der Waals surface area contributed by atoms with Gasteiger partial charge in [-0.05, 0) is 34.2 Å². The van der Waals surface area contributed by atoms with E-state index in [0.717, 1.165) is 9.13 Å². The Morgan fingerprint density at radius 2 is 2.12 bits per heavy atom. The number of halogens is 1. The van der Waals surface area contributed by atoms with Crippen LogP contribution in [0.5, 0.6) is 0 Å². The third-order valence-electron chi connectivity index (χ3n) is 2.14. The van der Waals surface area contributed by atoms with E-state index >= 15 is 0 Å². The van der Waals surface area contributed by atoms with Gasteiger partial charge in [0.25, 0.3) is 5.91 Å². The minimum absolute atomic E-state index is 0.274. The van der Waals surface area contributed by atoms with Crippen molar-refractivity contribution in [2.24, 2.45) is 0 Å². The second-order valence-corrected chi connectivity index (χ2v) is 4.68. The van der Waals surface area contributed by atoms with Crippen molar-refractivity contribution in [1.29, 1.82) is 0 Å². The smallest absolute Gasteiger partial charge is 0.291 e. The Bertz CT molecular complexity index is 496. The van der Waals surface area contributed by atoms with E-state index in [4.69, 9.17) is 4.84 Å². The average Bonchev–Trinajstić information content (AvgIpc) is 2.77. The van der Waals surface area contributed by atoms with Gasteiger partial charge in [-0.15, -0.1) is 0 Å². The van der Waals surface area contributed by atoms with Gasteiger partial charge in [-0.2, -0.15) is 0 Å². The molecule has 0 saturated carbocycles. The van der Waals surface area contributed by atoms with Crippen molar-refractivity contribution < 1.29 is 9.63 Å². The molecule has 4 nitrogen and oxygen atoms in total. The number of aromatic nitrogens is 1. The highest BCUT2D eigenvalue weighted by molar-refractivity contribution is 14.1. The molecule has 2 rings (SSSR count). The molecule has 1 heterocycles. The molecule has 1 aromatic carbocycles. The first-order chi connectivity index (χ1) is 8.25. The van der Waals surface area contributed by atoms with Gasteiger partial charge in [0, 0.05) is 9.77 Å². The first-order valence-corrected chi connectivity index (χ1v) is 6.13. The molecule has 1 amide bonds. The average molecular weight is 342 g/mol. The van der Waals surface area contributed by atoms with Crippen LogP contribution in [0.25, 0.3) is 0 Å². The largest absolute Gasteiger partial charge is 0.356 e. The number of hydrogen-bond acceptors (Lipinski definition) is 2.